The van der Waals surface area contributed by atoms with Crippen LogP contribution < -0.4 is 10.6 Å². The van der Waals surface area contributed by atoms with Gasteiger partial charge >= 0.3 is 6.09 Å². The number of hydrogen-bond donors (Lipinski definition) is 1. The zero-order valence-electron chi connectivity index (χ0n) is 18.8. The Morgan fingerprint density at radius 3 is 2.16 bits per heavy atom. The van der Waals surface area contributed by atoms with E-state index in [1.165, 1.54) is 25.2 Å². The summed E-state index contributed by atoms with van der Waals surface area (Å²) in [5.74, 6) is 0.170. The van der Waals surface area contributed by atoms with Gasteiger partial charge in [-0.15, -0.1) is 0 Å². The first-order valence-electron chi connectivity index (χ1n) is 11.2. The minimum absolute atomic E-state index is 0.191. The Kier molecular flexibility index (Phi) is 5.81. The molecule has 4 heterocycles. The zero-order valence-corrected chi connectivity index (χ0v) is 18.8. The fourth-order valence-corrected chi connectivity index (χ4v) is 4.94. The summed E-state index contributed by atoms with van der Waals surface area (Å²) in [6.07, 6.45) is 7.19. The lowest BCUT2D eigenvalue weighted by atomic mass is 9.71. The maximum Gasteiger partial charge on any atom is 0.410 e. The minimum atomic E-state index is -0.504. The summed E-state index contributed by atoms with van der Waals surface area (Å²) in [5, 5.41) is 0. The van der Waals surface area contributed by atoms with E-state index < -0.39 is 11.5 Å². The average molecular weight is 431 g/mol. The molecule has 0 bridgehead atoms. The molecule has 3 fully saturated rings. The van der Waals surface area contributed by atoms with Crippen LogP contribution in [0.1, 0.15) is 56.8 Å². The van der Waals surface area contributed by atoms with Gasteiger partial charge in [0.05, 0.1) is 5.56 Å². The number of ether oxygens (including phenoxy) is 1. The monoisotopic (exact) mass is 430 g/mol. The summed E-state index contributed by atoms with van der Waals surface area (Å²) in [6.45, 7) is 11.4. The number of amides is 2. The normalized spacial score (nSPS) is 22.3. The Bertz CT molecular complexity index is 798. The van der Waals surface area contributed by atoms with E-state index in [2.05, 4.69) is 19.8 Å². The van der Waals surface area contributed by atoms with Crippen LogP contribution in [0.25, 0.3) is 0 Å². The van der Waals surface area contributed by atoms with Gasteiger partial charge in [0.25, 0.3) is 5.91 Å². The van der Waals surface area contributed by atoms with E-state index in [1.807, 2.05) is 25.7 Å². The highest BCUT2D eigenvalue weighted by atomic mass is 16.6. The Morgan fingerprint density at radius 1 is 1.06 bits per heavy atom. The molecule has 9 nitrogen and oxygen atoms in total. The molecule has 4 rings (SSSR count). The molecule has 0 atom stereocenters. The number of piperidine rings is 2. The number of hydrogen-bond acceptors (Lipinski definition) is 7. The fraction of sp³-hybridized carbons (Fsp3) is 0.727. The smallest absolute Gasteiger partial charge is 0.410 e. The Hall–Kier alpha value is -2.42. The van der Waals surface area contributed by atoms with Gasteiger partial charge in [0, 0.05) is 50.0 Å². The van der Waals surface area contributed by atoms with Gasteiger partial charge < -0.3 is 25.2 Å². The molecule has 3 aliphatic heterocycles. The number of primary amides is 1. The second kappa shape index (κ2) is 8.26. The van der Waals surface area contributed by atoms with Gasteiger partial charge in [0.15, 0.2) is 0 Å². The van der Waals surface area contributed by atoms with Crippen LogP contribution in [0.2, 0.25) is 0 Å². The Morgan fingerprint density at radius 2 is 1.65 bits per heavy atom. The SMILES string of the molecule is CC(C)(C)OC(=O)N1CCC(N2CCC3(CC2)CN(c2ncc(C(N)=O)cn2)C3)CC1. The predicted octanol–water partition coefficient (Wildman–Crippen LogP) is 1.88. The van der Waals surface area contributed by atoms with Crippen molar-refractivity contribution in [3.8, 4) is 0 Å². The highest BCUT2D eigenvalue weighted by molar-refractivity contribution is 5.92. The summed E-state index contributed by atoms with van der Waals surface area (Å²) in [5.41, 5.74) is 5.50. The lowest BCUT2D eigenvalue weighted by Gasteiger charge is -2.55. The predicted molar refractivity (Wildman–Crippen MR) is 117 cm³/mol. The summed E-state index contributed by atoms with van der Waals surface area (Å²) in [6, 6.07) is 0.553. The van der Waals surface area contributed by atoms with Crippen molar-refractivity contribution in [2.75, 3.05) is 44.2 Å². The van der Waals surface area contributed by atoms with Crippen molar-refractivity contribution >= 4 is 17.9 Å². The fourth-order valence-electron chi connectivity index (χ4n) is 4.94. The molecule has 2 amide bonds. The van der Waals surface area contributed by atoms with Crippen LogP contribution in [0.15, 0.2) is 12.4 Å². The van der Waals surface area contributed by atoms with Gasteiger partial charge in [-0.3, -0.25) is 4.79 Å². The Labute approximate surface area is 183 Å². The highest BCUT2D eigenvalue weighted by Crippen LogP contribution is 2.42. The number of likely N-dealkylation sites (tertiary alicyclic amines) is 2. The molecule has 0 saturated carbocycles. The molecule has 2 N–H and O–H groups in total. The number of rotatable bonds is 3. The molecule has 3 saturated heterocycles. The summed E-state index contributed by atoms with van der Waals surface area (Å²) < 4.78 is 5.51. The van der Waals surface area contributed by atoms with Crippen molar-refractivity contribution < 1.29 is 14.3 Å². The molecule has 3 aliphatic rings. The van der Waals surface area contributed by atoms with E-state index in [-0.39, 0.29) is 6.09 Å². The first kappa shape index (κ1) is 21.8. The topological polar surface area (TPSA) is 105 Å². The first-order chi connectivity index (χ1) is 14.6. The van der Waals surface area contributed by atoms with E-state index in [0.717, 1.165) is 52.1 Å². The maximum absolute atomic E-state index is 12.3. The van der Waals surface area contributed by atoms with Crippen LogP contribution >= 0.6 is 0 Å². The average Bonchev–Trinajstić information content (AvgIpc) is 2.71. The van der Waals surface area contributed by atoms with E-state index in [4.69, 9.17) is 10.5 Å². The largest absolute Gasteiger partial charge is 0.444 e. The first-order valence-corrected chi connectivity index (χ1v) is 11.2. The van der Waals surface area contributed by atoms with Crippen molar-refractivity contribution in [3.63, 3.8) is 0 Å². The Balaban J connectivity index is 1.21. The van der Waals surface area contributed by atoms with E-state index in [0.29, 0.717) is 23.0 Å². The van der Waals surface area contributed by atoms with Crippen LogP contribution in [-0.4, -0.2) is 82.7 Å². The van der Waals surface area contributed by atoms with Gasteiger partial charge in [0.2, 0.25) is 5.95 Å². The molecule has 1 spiro atoms. The molecule has 9 heteroatoms. The van der Waals surface area contributed by atoms with Crippen LogP contribution in [-0.2, 0) is 4.74 Å². The summed E-state index contributed by atoms with van der Waals surface area (Å²) in [4.78, 5) is 38.7. The van der Waals surface area contributed by atoms with E-state index in [9.17, 15) is 9.59 Å². The molecule has 1 aromatic heterocycles. The molecular weight excluding hydrogens is 396 g/mol. The van der Waals surface area contributed by atoms with Gasteiger partial charge in [-0.2, -0.15) is 0 Å². The van der Waals surface area contributed by atoms with Gasteiger partial charge in [-0.05, 0) is 59.5 Å². The van der Waals surface area contributed by atoms with Crippen LogP contribution in [0.3, 0.4) is 0 Å². The lowest BCUT2D eigenvalue weighted by molar-refractivity contribution is 0.00418. The standard InChI is InChI=1S/C22H34N6O3/c1-21(2,3)31-20(30)27-8-4-17(5-9-27)26-10-6-22(7-11-26)14-28(15-22)19-24-12-16(13-25-19)18(23)29/h12-13,17H,4-11,14-15H2,1-3H3,(H2,23,29). The molecule has 170 valence electrons. The third kappa shape index (κ3) is 4.92. The second-order valence-corrected chi connectivity index (χ2v) is 10.2. The third-order valence-electron chi connectivity index (χ3n) is 6.75. The maximum atomic E-state index is 12.3. The van der Waals surface area contributed by atoms with Crippen LogP contribution in [0, 0.1) is 5.41 Å². The van der Waals surface area contributed by atoms with Crippen molar-refractivity contribution in [3.05, 3.63) is 18.0 Å². The molecule has 0 unspecified atom stereocenters. The van der Waals surface area contributed by atoms with Gasteiger partial charge in [0.1, 0.15) is 5.60 Å². The number of nitrogens with two attached hydrogens (primary N) is 1. The number of nitrogens with zero attached hydrogens (tertiary/aromatic N) is 5. The van der Waals surface area contributed by atoms with Crippen molar-refractivity contribution in [2.24, 2.45) is 11.1 Å². The molecule has 0 aliphatic carbocycles. The minimum Gasteiger partial charge on any atom is -0.444 e. The van der Waals surface area contributed by atoms with E-state index >= 15 is 0 Å². The summed E-state index contributed by atoms with van der Waals surface area (Å²) >= 11 is 0. The molecular formula is C22H34N6O3. The lowest BCUT2D eigenvalue weighted by Crippen LogP contribution is -2.62. The molecule has 31 heavy (non-hydrogen) atoms. The van der Waals surface area contributed by atoms with Crippen LogP contribution in [0.4, 0.5) is 10.7 Å². The highest BCUT2D eigenvalue weighted by Gasteiger charge is 2.46. The van der Waals surface area contributed by atoms with Crippen molar-refractivity contribution in [1.29, 1.82) is 0 Å². The van der Waals surface area contributed by atoms with E-state index in [1.54, 1.807) is 0 Å². The second-order valence-electron chi connectivity index (χ2n) is 10.2. The molecule has 0 radical (unpaired) electrons. The number of carbonyl (C=O) groups is 2. The number of aromatic nitrogens is 2. The third-order valence-corrected chi connectivity index (χ3v) is 6.75. The van der Waals surface area contributed by atoms with Gasteiger partial charge in [-0.1, -0.05) is 0 Å². The quantitative estimate of drug-likeness (QED) is 0.780. The summed E-state index contributed by atoms with van der Waals surface area (Å²) in [7, 11) is 0. The van der Waals surface area contributed by atoms with Crippen molar-refractivity contribution in [1.82, 2.24) is 19.8 Å². The van der Waals surface area contributed by atoms with Gasteiger partial charge in [-0.25, -0.2) is 14.8 Å². The molecule has 1 aromatic rings. The van der Waals surface area contributed by atoms with Crippen LogP contribution in [0.5, 0.6) is 0 Å². The molecule has 0 aromatic carbocycles. The zero-order chi connectivity index (χ0) is 22.2. The number of carbonyl (C=O) groups excluding carboxylic acids is 2. The number of anilines is 1. The van der Waals surface area contributed by atoms with Crippen molar-refractivity contribution in [2.45, 2.75) is 58.1 Å².